The van der Waals surface area contributed by atoms with Crippen LogP contribution in [0.4, 0.5) is 0 Å². The molecule has 0 saturated carbocycles. The summed E-state index contributed by atoms with van der Waals surface area (Å²) in [5.41, 5.74) is 2.46. The fourth-order valence-corrected chi connectivity index (χ4v) is 3.94. The van der Waals surface area contributed by atoms with Gasteiger partial charge < -0.3 is 4.74 Å². The highest BCUT2D eigenvalue weighted by Gasteiger charge is 2.32. The number of esters is 1. The van der Waals surface area contributed by atoms with Gasteiger partial charge in [-0.1, -0.05) is 40.2 Å². The lowest BCUT2D eigenvalue weighted by Gasteiger charge is -2.27. The van der Waals surface area contributed by atoms with Crippen LogP contribution in [-0.2, 0) is 11.2 Å². The first-order chi connectivity index (χ1) is 13.5. The third kappa shape index (κ3) is 2.99. The fourth-order valence-electron chi connectivity index (χ4n) is 3.48. The molecule has 0 aromatic heterocycles. The van der Waals surface area contributed by atoms with Crippen LogP contribution < -0.4 is 0 Å². The topological polar surface area (TPSA) is 63.7 Å². The Morgan fingerprint density at radius 1 is 0.964 bits per heavy atom. The quantitative estimate of drug-likeness (QED) is 0.452. The highest BCUT2D eigenvalue weighted by molar-refractivity contribution is 9.10. The maximum absolute atomic E-state index is 13.0. The second-order valence-corrected chi connectivity index (χ2v) is 7.38. The van der Waals surface area contributed by atoms with Crippen molar-refractivity contribution in [1.82, 2.24) is 4.90 Å². The molecule has 0 fully saturated rings. The van der Waals surface area contributed by atoms with Gasteiger partial charge >= 0.3 is 5.97 Å². The first-order valence-electron chi connectivity index (χ1n) is 8.76. The van der Waals surface area contributed by atoms with E-state index in [1.165, 1.54) is 12.0 Å². The van der Waals surface area contributed by atoms with Crippen LogP contribution in [0.1, 0.15) is 36.6 Å². The SMILES string of the molecule is COC(=O)c1ccc(CCN2C(=O)c3cccc4c(Br)ccc(c34)C2=O)cc1. The zero-order valence-electron chi connectivity index (χ0n) is 15.1. The van der Waals surface area contributed by atoms with Gasteiger partial charge in [-0.2, -0.15) is 0 Å². The average molecular weight is 438 g/mol. The average Bonchev–Trinajstić information content (AvgIpc) is 2.72. The molecule has 3 aromatic carbocycles. The summed E-state index contributed by atoms with van der Waals surface area (Å²) in [5, 5.41) is 1.56. The molecule has 0 radical (unpaired) electrons. The fraction of sp³-hybridized carbons (Fsp3) is 0.136. The molecule has 4 rings (SSSR count). The number of imide groups is 1. The van der Waals surface area contributed by atoms with E-state index in [1.807, 2.05) is 18.2 Å². The number of hydrogen-bond acceptors (Lipinski definition) is 4. The van der Waals surface area contributed by atoms with Crippen molar-refractivity contribution in [2.75, 3.05) is 13.7 Å². The number of carbonyl (C=O) groups excluding carboxylic acids is 3. The summed E-state index contributed by atoms with van der Waals surface area (Å²) in [5.74, 6) is -0.969. The molecule has 0 atom stereocenters. The lowest BCUT2D eigenvalue weighted by atomic mass is 9.94. The normalized spacial score (nSPS) is 13.1. The molecule has 0 N–H and O–H groups in total. The number of benzene rings is 3. The van der Waals surface area contributed by atoms with Gasteiger partial charge in [-0.05, 0) is 47.7 Å². The van der Waals surface area contributed by atoms with E-state index in [0.29, 0.717) is 28.5 Å². The van der Waals surface area contributed by atoms with Crippen molar-refractivity contribution in [3.8, 4) is 0 Å². The largest absolute Gasteiger partial charge is 0.465 e. The van der Waals surface area contributed by atoms with E-state index >= 15 is 0 Å². The van der Waals surface area contributed by atoms with E-state index in [4.69, 9.17) is 0 Å². The number of carbonyl (C=O) groups is 3. The molecule has 0 aliphatic carbocycles. The molecule has 2 amide bonds. The molecule has 0 spiro atoms. The summed E-state index contributed by atoms with van der Waals surface area (Å²) in [6.07, 6.45) is 0.501. The number of ether oxygens (including phenoxy) is 1. The summed E-state index contributed by atoms with van der Waals surface area (Å²) >= 11 is 3.49. The van der Waals surface area contributed by atoms with Gasteiger partial charge in [0.15, 0.2) is 0 Å². The molecule has 1 heterocycles. The lowest BCUT2D eigenvalue weighted by molar-refractivity contribution is 0.0594. The predicted octanol–water partition coefficient (Wildman–Crippen LogP) is 4.23. The van der Waals surface area contributed by atoms with Gasteiger partial charge in [-0.3, -0.25) is 14.5 Å². The molecule has 6 heteroatoms. The van der Waals surface area contributed by atoms with Gasteiger partial charge in [0.1, 0.15) is 0 Å². The summed E-state index contributed by atoms with van der Waals surface area (Å²) < 4.78 is 5.54. The molecule has 0 unspecified atom stereocenters. The Hall–Kier alpha value is -2.99. The van der Waals surface area contributed by atoms with E-state index in [9.17, 15) is 14.4 Å². The number of nitrogens with zero attached hydrogens (tertiary/aromatic N) is 1. The van der Waals surface area contributed by atoms with Crippen molar-refractivity contribution in [1.29, 1.82) is 0 Å². The van der Waals surface area contributed by atoms with Crippen molar-refractivity contribution >= 4 is 44.5 Å². The summed E-state index contributed by atoms with van der Waals surface area (Å²) in [6.45, 7) is 0.265. The first-order valence-corrected chi connectivity index (χ1v) is 9.55. The van der Waals surface area contributed by atoms with Crippen molar-refractivity contribution in [3.63, 3.8) is 0 Å². The van der Waals surface area contributed by atoms with Crippen molar-refractivity contribution in [2.45, 2.75) is 6.42 Å². The minimum absolute atomic E-state index is 0.265. The highest BCUT2D eigenvalue weighted by atomic mass is 79.9. The monoisotopic (exact) mass is 437 g/mol. The van der Waals surface area contributed by atoms with Gasteiger partial charge in [0.2, 0.25) is 0 Å². The molecule has 28 heavy (non-hydrogen) atoms. The molecule has 140 valence electrons. The van der Waals surface area contributed by atoms with E-state index < -0.39 is 5.97 Å². The molecule has 0 bridgehead atoms. The maximum atomic E-state index is 13.0. The number of rotatable bonds is 4. The van der Waals surface area contributed by atoms with Crippen LogP contribution in [0.5, 0.6) is 0 Å². The zero-order chi connectivity index (χ0) is 19.8. The number of amides is 2. The van der Waals surface area contributed by atoms with Crippen LogP contribution in [0, 0.1) is 0 Å². The van der Waals surface area contributed by atoms with E-state index in [1.54, 1.807) is 36.4 Å². The van der Waals surface area contributed by atoms with Crippen LogP contribution in [-0.4, -0.2) is 36.3 Å². The number of halogens is 1. The molecule has 3 aromatic rings. The van der Waals surface area contributed by atoms with Crippen molar-refractivity contribution in [3.05, 3.63) is 81.3 Å². The van der Waals surface area contributed by atoms with Crippen LogP contribution in [0.3, 0.4) is 0 Å². The smallest absolute Gasteiger partial charge is 0.337 e. The molecule has 1 aliphatic rings. The van der Waals surface area contributed by atoms with Gasteiger partial charge in [0, 0.05) is 27.5 Å². The standard InChI is InChI=1S/C22H16BrNO4/c1-28-22(27)14-7-5-13(6-8-14)11-12-24-20(25)16-4-2-3-15-18(23)10-9-17(19(15)16)21(24)26/h2-10H,11-12H2,1H3. The first kappa shape index (κ1) is 18.4. The van der Waals surface area contributed by atoms with Crippen LogP contribution in [0.15, 0.2) is 59.1 Å². The van der Waals surface area contributed by atoms with E-state index in [0.717, 1.165) is 15.4 Å². The predicted molar refractivity (Wildman–Crippen MR) is 109 cm³/mol. The van der Waals surface area contributed by atoms with Gasteiger partial charge in [0.25, 0.3) is 11.8 Å². The van der Waals surface area contributed by atoms with Gasteiger partial charge in [-0.25, -0.2) is 4.79 Å². The minimum atomic E-state index is -0.399. The third-order valence-corrected chi connectivity index (χ3v) is 5.63. The van der Waals surface area contributed by atoms with E-state index in [2.05, 4.69) is 20.7 Å². The molecule has 0 saturated heterocycles. The zero-order valence-corrected chi connectivity index (χ0v) is 16.7. The Bertz CT molecular complexity index is 1100. The summed E-state index contributed by atoms with van der Waals surface area (Å²) in [6, 6.07) is 16.0. The van der Waals surface area contributed by atoms with Crippen LogP contribution in [0.2, 0.25) is 0 Å². The van der Waals surface area contributed by atoms with Crippen LogP contribution >= 0.6 is 15.9 Å². The number of hydrogen-bond donors (Lipinski definition) is 0. The molecule has 1 aliphatic heterocycles. The summed E-state index contributed by atoms with van der Waals surface area (Å²) in [4.78, 5) is 38.7. The maximum Gasteiger partial charge on any atom is 0.337 e. The molecule has 5 nitrogen and oxygen atoms in total. The molecular weight excluding hydrogens is 422 g/mol. The minimum Gasteiger partial charge on any atom is -0.465 e. The molecular formula is C22H16BrNO4. The lowest BCUT2D eigenvalue weighted by Crippen LogP contribution is -2.41. The Labute approximate surface area is 170 Å². The second-order valence-electron chi connectivity index (χ2n) is 6.52. The second kappa shape index (κ2) is 7.20. The number of methoxy groups -OCH3 is 1. The van der Waals surface area contributed by atoms with Crippen molar-refractivity contribution in [2.24, 2.45) is 0 Å². The van der Waals surface area contributed by atoms with Gasteiger partial charge in [0.05, 0.1) is 12.7 Å². The Kier molecular flexibility index (Phi) is 4.73. The summed E-state index contributed by atoms with van der Waals surface area (Å²) in [7, 11) is 1.33. The Balaban J connectivity index is 1.60. The van der Waals surface area contributed by atoms with Gasteiger partial charge in [-0.15, -0.1) is 0 Å². The Morgan fingerprint density at radius 2 is 1.64 bits per heavy atom. The highest BCUT2D eigenvalue weighted by Crippen LogP contribution is 2.34. The van der Waals surface area contributed by atoms with E-state index in [-0.39, 0.29) is 18.4 Å². The van der Waals surface area contributed by atoms with Crippen molar-refractivity contribution < 1.29 is 19.1 Å². The van der Waals surface area contributed by atoms with Crippen LogP contribution in [0.25, 0.3) is 10.8 Å². The third-order valence-electron chi connectivity index (χ3n) is 4.94. The Morgan fingerprint density at radius 3 is 2.32 bits per heavy atom.